The van der Waals surface area contributed by atoms with Gasteiger partial charge in [0.05, 0.1) is 16.6 Å². The molecule has 27 heavy (non-hydrogen) atoms. The molecule has 1 aliphatic rings. The van der Waals surface area contributed by atoms with Gasteiger partial charge in [-0.1, -0.05) is 0 Å². The number of nitrogens with zero attached hydrogens (tertiary/aromatic N) is 5. The van der Waals surface area contributed by atoms with Crippen molar-refractivity contribution in [3.8, 4) is 6.07 Å². The Kier molecular flexibility index (Phi) is 3.49. The van der Waals surface area contributed by atoms with Gasteiger partial charge in [0, 0.05) is 42.5 Å². The van der Waals surface area contributed by atoms with Crippen LogP contribution in [0.3, 0.4) is 0 Å². The third-order valence-electron chi connectivity index (χ3n) is 5.22. The molecule has 1 atom stereocenters. The van der Waals surface area contributed by atoms with Crippen LogP contribution in [0.2, 0.25) is 0 Å². The molecule has 5 rings (SSSR count). The number of fused-ring (bicyclic) bond motifs is 5. The maximum Gasteiger partial charge on any atom is 0.157 e. The molecule has 2 N–H and O–H groups in total. The van der Waals surface area contributed by atoms with Gasteiger partial charge < -0.3 is 10.6 Å². The summed E-state index contributed by atoms with van der Waals surface area (Å²) in [6.07, 6.45) is 3.78. The number of hydrogen-bond acceptors (Lipinski definition) is 5. The van der Waals surface area contributed by atoms with E-state index in [1.165, 1.54) is 12.1 Å². The minimum Gasteiger partial charge on any atom is -0.369 e. The zero-order chi connectivity index (χ0) is 18.5. The molecule has 1 aliphatic heterocycles. The first-order chi connectivity index (χ1) is 13.2. The summed E-state index contributed by atoms with van der Waals surface area (Å²) >= 11 is 0. The SMILES string of the molecule is N#Cc1cc2c(N3CCC[C@@H](N)C3)ccnc2n2c1nc1ccc(F)cc12. The zero-order valence-electron chi connectivity index (χ0n) is 14.6. The lowest BCUT2D eigenvalue weighted by Gasteiger charge is -2.33. The van der Waals surface area contributed by atoms with Crippen molar-refractivity contribution in [3.05, 3.63) is 47.9 Å². The van der Waals surface area contributed by atoms with Gasteiger partial charge in [-0.2, -0.15) is 5.26 Å². The molecular weight excluding hydrogens is 343 g/mol. The van der Waals surface area contributed by atoms with E-state index in [0.29, 0.717) is 27.9 Å². The quantitative estimate of drug-likeness (QED) is 0.564. The van der Waals surface area contributed by atoms with Gasteiger partial charge in [0.2, 0.25) is 0 Å². The molecule has 3 aromatic heterocycles. The second-order valence-corrected chi connectivity index (χ2v) is 6.99. The highest BCUT2D eigenvalue weighted by Gasteiger charge is 2.21. The van der Waals surface area contributed by atoms with E-state index >= 15 is 0 Å². The monoisotopic (exact) mass is 360 g/mol. The van der Waals surface area contributed by atoms with E-state index in [-0.39, 0.29) is 11.9 Å². The van der Waals surface area contributed by atoms with Gasteiger partial charge in [-0.15, -0.1) is 0 Å². The maximum absolute atomic E-state index is 13.9. The van der Waals surface area contributed by atoms with Gasteiger partial charge in [0.25, 0.3) is 0 Å². The molecule has 0 spiro atoms. The lowest BCUT2D eigenvalue weighted by molar-refractivity contribution is 0.507. The van der Waals surface area contributed by atoms with Crippen molar-refractivity contribution in [1.82, 2.24) is 14.4 Å². The zero-order valence-corrected chi connectivity index (χ0v) is 14.6. The van der Waals surface area contributed by atoms with E-state index in [4.69, 9.17) is 5.73 Å². The smallest absolute Gasteiger partial charge is 0.157 e. The predicted molar refractivity (Wildman–Crippen MR) is 102 cm³/mol. The van der Waals surface area contributed by atoms with Crippen LogP contribution < -0.4 is 10.6 Å². The van der Waals surface area contributed by atoms with Crippen LogP contribution in [0.5, 0.6) is 0 Å². The van der Waals surface area contributed by atoms with E-state index in [1.54, 1.807) is 16.7 Å². The van der Waals surface area contributed by atoms with Gasteiger partial charge in [-0.25, -0.2) is 14.4 Å². The molecule has 134 valence electrons. The molecule has 0 aliphatic carbocycles. The van der Waals surface area contributed by atoms with Crippen LogP contribution in [0.15, 0.2) is 36.5 Å². The molecule has 0 radical (unpaired) electrons. The van der Waals surface area contributed by atoms with Crippen molar-refractivity contribution in [2.45, 2.75) is 18.9 Å². The molecule has 0 unspecified atom stereocenters. The van der Waals surface area contributed by atoms with Crippen molar-refractivity contribution in [1.29, 1.82) is 5.26 Å². The van der Waals surface area contributed by atoms with Crippen LogP contribution in [-0.2, 0) is 0 Å². The summed E-state index contributed by atoms with van der Waals surface area (Å²) in [5.74, 6) is -0.349. The number of benzene rings is 1. The van der Waals surface area contributed by atoms with Crippen LogP contribution in [0.1, 0.15) is 18.4 Å². The first-order valence-corrected chi connectivity index (χ1v) is 8.96. The van der Waals surface area contributed by atoms with Gasteiger partial charge in [-0.05, 0) is 37.1 Å². The van der Waals surface area contributed by atoms with E-state index < -0.39 is 0 Å². The minimum atomic E-state index is -0.349. The summed E-state index contributed by atoms with van der Waals surface area (Å²) < 4.78 is 15.7. The van der Waals surface area contributed by atoms with Gasteiger partial charge in [0.1, 0.15) is 17.5 Å². The summed E-state index contributed by atoms with van der Waals surface area (Å²) in [6.45, 7) is 1.67. The van der Waals surface area contributed by atoms with Crippen LogP contribution in [-0.4, -0.2) is 33.5 Å². The first-order valence-electron chi connectivity index (χ1n) is 8.96. The van der Waals surface area contributed by atoms with Gasteiger partial charge >= 0.3 is 0 Å². The number of rotatable bonds is 1. The summed E-state index contributed by atoms with van der Waals surface area (Å²) in [5, 5.41) is 10.5. The average Bonchev–Trinajstić information content (AvgIpc) is 3.06. The normalized spacial score (nSPS) is 17.7. The molecule has 1 saturated heterocycles. The minimum absolute atomic E-state index is 0.129. The topological polar surface area (TPSA) is 83.2 Å². The Labute approximate surface area is 154 Å². The Bertz CT molecular complexity index is 1240. The molecule has 0 bridgehead atoms. The number of hydrogen-bond donors (Lipinski definition) is 1. The second-order valence-electron chi connectivity index (χ2n) is 6.99. The Morgan fingerprint density at radius 1 is 1.22 bits per heavy atom. The second kappa shape index (κ2) is 5.89. The molecule has 6 nitrogen and oxygen atoms in total. The summed E-state index contributed by atoms with van der Waals surface area (Å²) in [7, 11) is 0. The van der Waals surface area contributed by atoms with E-state index in [2.05, 4.69) is 20.9 Å². The van der Waals surface area contributed by atoms with Crippen LogP contribution in [0.4, 0.5) is 10.1 Å². The summed E-state index contributed by atoms with van der Waals surface area (Å²) in [5.41, 5.74) is 9.98. The number of anilines is 1. The van der Waals surface area contributed by atoms with Gasteiger partial charge in [-0.3, -0.25) is 4.40 Å². The largest absolute Gasteiger partial charge is 0.369 e. The Hall–Kier alpha value is -3.24. The number of nitrogens with two attached hydrogens (primary N) is 1. The molecule has 0 amide bonds. The average molecular weight is 360 g/mol. The van der Waals surface area contributed by atoms with Crippen molar-refractivity contribution < 1.29 is 4.39 Å². The number of nitriles is 1. The molecule has 4 heterocycles. The third kappa shape index (κ3) is 2.41. The maximum atomic E-state index is 13.9. The number of aromatic nitrogens is 3. The van der Waals surface area contributed by atoms with Crippen LogP contribution >= 0.6 is 0 Å². The van der Waals surface area contributed by atoms with Crippen molar-refractivity contribution in [2.24, 2.45) is 5.73 Å². The molecule has 1 aromatic carbocycles. The molecular formula is C20H17FN6. The number of imidazole rings is 1. The van der Waals surface area contributed by atoms with E-state index in [1.807, 2.05) is 12.1 Å². The standard InChI is InChI=1S/C20H17FN6/c21-13-3-4-16-18(9-13)27-19(25-16)12(10-22)8-15-17(5-6-24-20(15)27)26-7-1-2-14(23)11-26/h3-6,8-9,14H,1-2,7,11,23H2/t14-/m1/s1. The number of pyridine rings is 2. The van der Waals surface area contributed by atoms with Crippen LogP contribution in [0.25, 0.3) is 27.7 Å². The summed E-state index contributed by atoms with van der Waals surface area (Å²) in [6, 6.07) is 10.6. The lowest BCUT2D eigenvalue weighted by atomic mass is 10.0. The summed E-state index contributed by atoms with van der Waals surface area (Å²) in [4.78, 5) is 11.3. The lowest BCUT2D eigenvalue weighted by Crippen LogP contribution is -2.42. The number of halogens is 1. The van der Waals surface area contributed by atoms with E-state index in [0.717, 1.165) is 37.0 Å². The van der Waals surface area contributed by atoms with Crippen molar-refractivity contribution in [2.75, 3.05) is 18.0 Å². The fourth-order valence-corrected chi connectivity index (χ4v) is 4.01. The van der Waals surface area contributed by atoms with Gasteiger partial charge in [0.15, 0.2) is 5.65 Å². The fourth-order valence-electron chi connectivity index (χ4n) is 4.01. The highest BCUT2D eigenvalue weighted by Crippen LogP contribution is 2.32. The highest BCUT2D eigenvalue weighted by atomic mass is 19.1. The third-order valence-corrected chi connectivity index (χ3v) is 5.22. The Morgan fingerprint density at radius 2 is 2.11 bits per heavy atom. The fraction of sp³-hybridized carbons (Fsp3) is 0.250. The Morgan fingerprint density at radius 3 is 2.93 bits per heavy atom. The highest BCUT2D eigenvalue weighted by molar-refractivity contribution is 5.97. The predicted octanol–water partition coefficient (Wildman–Crippen LogP) is 2.97. The molecule has 1 fully saturated rings. The van der Waals surface area contributed by atoms with Crippen LogP contribution in [0, 0.1) is 17.1 Å². The Balaban J connectivity index is 1.88. The molecule has 7 heteroatoms. The van der Waals surface area contributed by atoms with Crippen molar-refractivity contribution >= 4 is 33.4 Å². The van der Waals surface area contributed by atoms with E-state index in [9.17, 15) is 9.65 Å². The molecule has 0 saturated carbocycles. The first kappa shape index (κ1) is 16.0. The van der Waals surface area contributed by atoms with Crippen molar-refractivity contribution in [3.63, 3.8) is 0 Å². The molecule has 4 aromatic rings. The number of piperidine rings is 1.